The van der Waals surface area contributed by atoms with Crippen molar-refractivity contribution in [3.8, 4) is 6.07 Å². The van der Waals surface area contributed by atoms with Crippen LogP contribution in [0, 0.1) is 11.3 Å². The van der Waals surface area contributed by atoms with Gasteiger partial charge in [-0.15, -0.1) is 0 Å². The number of nitrogens with two attached hydrogens (primary N) is 1. The number of ether oxygens (including phenoxy) is 2. The summed E-state index contributed by atoms with van der Waals surface area (Å²) in [7, 11) is 0. The first-order valence-corrected chi connectivity index (χ1v) is 5.73. The minimum absolute atomic E-state index is 0.00251. The van der Waals surface area contributed by atoms with Crippen molar-refractivity contribution in [3.05, 3.63) is 11.8 Å². The Morgan fingerprint density at radius 2 is 2.50 bits per heavy atom. The predicted molar refractivity (Wildman–Crippen MR) is 64.8 cm³/mol. The molecule has 0 aliphatic carbocycles. The molecule has 0 saturated carbocycles. The zero-order valence-corrected chi connectivity index (χ0v) is 10.1. The highest BCUT2D eigenvalue weighted by Crippen LogP contribution is 2.15. The fourth-order valence-electron chi connectivity index (χ4n) is 1.76. The largest absolute Gasteiger partial charge is 0.382 e. The van der Waals surface area contributed by atoms with Crippen molar-refractivity contribution in [1.29, 1.82) is 5.26 Å². The molecule has 2 atom stereocenters. The normalized spacial score (nSPS) is 22.7. The second kappa shape index (κ2) is 5.62. The molecule has 1 aromatic rings. The minimum atomic E-state index is -0.0181. The van der Waals surface area contributed by atoms with E-state index >= 15 is 0 Å². The molecule has 1 aromatic heterocycles. The van der Waals surface area contributed by atoms with E-state index in [-0.39, 0.29) is 23.5 Å². The number of nitrogens with one attached hydrogen (secondary N) is 1. The molecule has 0 amide bonds. The molecule has 0 bridgehead atoms. The Morgan fingerprint density at radius 1 is 1.67 bits per heavy atom. The first-order chi connectivity index (χ1) is 8.74. The van der Waals surface area contributed by atoms with Gasteiger partial charge >= 0.3 is 0 Å². The molecule has 0 unspecified atom stereocenters. The molecule has 18 heavy (non-hydrogen) atoms. The highest BCUT2D eigenvalue weighted by Gasteiger charge is 2.29. The highest BCUT2D eigenvalue weighted by atomic mass is 16.5. The van der Waals surface area contributed by atoms with Crippen molar-refractivity contribution in [2.24, 2.45) is 0 Å². The van der Waals surface area contributed by atoms with Crippen molar-refractivity contribution in [3.63, 3.8) is 0 Å². The molecule has 1 aliphatic rings. The van der Waals surface area contributed by atoms with Gasteiger partial charge in [0.15, 0.2) is 0 Å². The van der Waals surface area contributed by atoms with Crippen LogP contribution in [0.15, 0.2) is 6.20 Å². The number of nitrogens with zero attached hydrogens (tertiary/aromatic N) is 3. The molecule has 0 spiro atoms. The Labute approximate surface area is 105 Å². The van der Waals surface area contributed by atoms with Crippen LogP contribution in [0.5, 0.6) is 0 Å². The van der Waals surface area contributed by atoms with Crippen molar-refractivity contribution in [2.45, 2.75) is 19.1 Å². The fraction of sp³-hybridized carbons (Fsp3) is 0.545. The topological polar surface area (TPSA) is 106 Å². The van der Waals surface area contributed by atoms with Gasteiger partial charge < -0.3 is 20.5 Å². The van der Waals surface area contributed by atoms with Crippen LogP contribution in [0.3, 0.4) is 0 Å². The van der Waals surface area contributed by atoms with Gasteiger partial charge in [-0.1, -0.05) is 0 Å². The molecule has 1 fully saturated rings. The van der Waals surface area contributed by atoms with E-state index in [9.17, 15) is 0 Å². The van der Waals surface area contributed by atoms with E-state index in [0.717, 1.165) is 0 Å². The maximum Gasteiger partial charge on any atom is 0.225 e. The SMILES string of the molecule is CCO[C@H]1COC[C@@H]1Nc1ncc(C#N)c(N)n1. The van der Waals surface area contributed by atoms with Gasteiger partial charge in [-0.3, -0.25) is 0 Å². The molecular weight excluding hydrogens is 234 g/mol. The Hall–Kier alpha value is -1.91. The number of hydrogen-bond acceptors (Lipinski definition) is 7. The molecular formula is C11H15N5O2. The Morgan fingerprint density at radius 3 is 3.17 bits per heavy atom. The second-order valence-electron chi connectivity index (χ2n) is 3.89. The number of anilines is 2. The van der Waals surface area contributed by atoms with Gasteiger partial charge in [0.25, 0.3) is 0 Å². The number of nitrogen functional groups attached to an aromatic ring is 1. The van der Waals surface area contributed by atoms with E-state index in [1.165, 1.54) is 6.20 Å². The summed E-state index contributed by atoms with van der Waals surface area (Å²) in [6.45, 7) is 3.65. The second-order valence-corrected chi connectivity index (χ2v) is 3.89. The van der Waals surface area contributed by atoms with Gasteiger partial charge in [0.1, 0.15) is 23.6 Å². The van der Waals surface area contributed by atoms with Crippen LogP contribution >= 0.6 is 0 Å². The zero-order chi connectivity index (χ0) is 13.0. The van der Waals surface area contributed by atoms with Crippen LogP contribution in [0.25, 0.3) is 0 Å². The van der Waals surface area contributed by atoms with E-state index in [0.29, 0.717) is 25.8 Å². The van der Waals surface area contributed by atoms with Crippen LogP contribution in [0.1, 0.15) is 12.5 Å². The van der Waals surface area contributed by atoms with Gasteiger partial charge in [-0.2, -0.15) is 10.2 Å². The van der Waals surface area contributed by atoms with Gasteiger partial charge in [0.05, 0.1) is 25.5 Å². The summed E-state index contributed by atoms with van der Waals surface area (Å²) in [5.41, 5.74) is 5.89. The van der Waals surface area contributed by atoms with Crippen LogP contribution in [-0.2, 0) is 9.47 Å². The van der Waals surface area contributed by atoms with Crippen LogP contribution in [-0.4, -0.2) is 41.9 Å². The van der Waals surface area contributed by atoms with Crippen molar-refractivity contribution >= 4 is 11.8 Å². The third-order valence-electron chi connectivity index (χ3n) is 2.66. The number of aromatic nitrogens is 2. The Kier molecular flexibility index (Phi) is 3.92. The fourth-order valence-corrected chi connectivity index (χ4v) is 1.76. The summed E-state index contributed by atoms with van der Waals surface area (Å²) >= 11 is 0. The summed E-state index contributed by atoms with van der Waals surface area (Å²) in [6, 6.07) is 1.92. The maximum atomic E-state index is 8.74. The van der Waals surface area contributed by atoms with Crippen LogP contribution in [0.2, 0.25) is 0 Å². The van der Waals surface area contributed by atoms with E-state index in [1.807, 2.05) is 13.0 Å². The van der Waals surface area contributed by atoms with Crippen molar-refractivity contribution < 1.29 is 9.47 Å². The van der Waals surface area contributed by atoms with Crippen molar-refractivity contribution in [2.75, 3.05) is 30.9 Å². The summed E-state index contributed by atoms with van der Waals surface area (Å²) in [4.78, 5) is 8.06. The third kappa shape index (κ3) is 2.67. The number of nitriles is 1. The molecule has 96 valence electrons. The molecule has 1 saturated heterocycles. The van der Waals surface area contributed by atoms with Crippen molar-refractivity contribution in [1.82, 2.24) is 9.97 Å². The maximum absolute atomic E-state index is 8.74. The summed E-state index contributed by atoms with van der Waals surface area (Å²) in [5.74, 6) is 0.550. The van der Waals surface area contributed by atoms with E-state index in [2.05, 4.69) is 15.3 Å². The third-order valence-corrected chi connectivity index (χ3v) is 2.66. The van der Waals surface area contributed by atoms with Gasteiger partial charge in [0.2, 0.25) is 5.95 Å². The summed E-state index contributed by atoms with van der Waals surface area (Å²) in [5, 5.41) is 11.8. The molecule has 3 N–H and O–H groups in total. The highest BCUT2D eigenvalue weighted by molar-refractivity contribution is 5.49. The lowest BCUT2D eigenvalue weighted by molar-refractivity contribution is 0.0477. The Bertz CT molecular complexity index is 459. The van der Waals surface area contributed by atoms with E-state index < -0.39 is 0 Å². The summed E-state index contributed by atoms with van der Waals surface area (Å²) < 4.78 is 10.9. The average Bonchev–Trinajstić information content (AvgIpc) is 2.78. The summed E-state index contributed by atoms with van der Waals surface area (Å²) in [6.07, 6.45) is 1.38. The lowest BCUT2D eigenvalue weighted by Gasteiger charge is -2.18. The van der Waals surface area contributed by atoms with Crippen LogP contribution < -0.4 is 11.1 Å². The number of hydrogen-bond donors (Lipinski definition) is 2. The molecule has 1 aliphatic heterocycles. The van der Waals surface area contributed by atoms with Gasteiger partial charge in [-0.05, 0) is 6.92 Å². The molecule has 7 heteroatoms. The predicted octanol–water partition coefficient (Wildman–Crippen LogP) is 0.146. The van der Waals surface area contributed by atoms with Crippen LogP contribution in [0.4, 0.5) is 11.8 Å². The first-order valence-electron chi connectivity index (χ1n) is 5.73. The first kappa shape index (κ1) is 12.5. The number of rotatable bonds is 4. The zero-order valence-electron chi connectivity index (χ0n) is 10.1. The smallest absolute Gasteiger partial charge is 0.225 e. The van der Waals surface area contributed by atoms with E-state index in [4.69, 9.17) is 20.5 Å². The standard InChI is InChI=1S/C11H15N5O2/c1-2-18-9-6-17-5-8(9)15-11-14-4-7(3-12)10(13)16-11/h4,8-9H,2,5-6H2,1H3,(H3,13,14,15,16)/t8-,9-/m0/s1. The molecule has 0 aromatic carbocycles. The molecule has 7 nitrogen and oxygen atoms in total. The monoisotopic (exact) mass is 249 g/mol. The lowest BCUT2D eigenvalue weighted by atomic mass is 10.2. The van der Waals surface area contributed by atoms with E-state index in [1.54, 1.807) is 0 Å². The average molecular weight is 249 g/mol. The lowest BCUT2D eigenvalue weighted by Crippen LogP contribution is -2.35. The molecule has 2 rings (SSSR count). The minimum Gasteiger partial charge on any atom is -0.382 e. The Balaban J connectivity index is 2.05. The molecule has 0 radical (unpaired) electrons. The van der Waals surface area contributed by atoms with Gasteiger partial charge in [0, 0.05) is 6.61 Å². The molecule has 2 heterocycles. The quantitative estimate of drug-likeness (QED) is 0.782. The van der Waals surface area contributed by atoms with Gasteiger partial charge in [-0.25, -0.2) is 4.98 Å².